The van der Waals surface area contributed by atoms with Crippen LogP contribution in [0.3, 0.4) is 0 Å². The number of anilines is 1. The van der Waals surface area contributed by atoms with E-state index in [9.17, 15) is 9.18 Å². The fourth-order valence-electron chi connectivity index (χ4n) is 3.59. The Morgan fingerprint density at radius 3 is 3.04 bits per heavy atom. The van der Waals surface area contributed by atoms with E-state index >= 15 is 0 Å². The predicted molar refractivity (Wildman–Crippen MR) is 107 cm³/mol. The lowest BCUT2D eigenvalue weighted by molar-refractivity contribution is -0.116. The number of benzene rings is 2. The number of H-pyrrole nitrogens is 1. The molecule has 0 unspecified atom stereocenters. The summed E-state index contributed by atoms with van der Waals surface area (Å²) >= 11 is 1.25. The van der Waals surface area contributed by atoms with Crippen molar-refractivity contribution in [3.63, 3.8) is 0 Å². The smallest absolute Gasteiger partial charge is 0.237 e. The van der Waals surface area contributed by atoms with Gasteiger partial charge in [-0.2, -0.15) is 0 Å². The van der Waals surface area contributed by atoms with Gasteiger partial charge in [0.2, 0.25) is 11.1 Å². The molecule has 8 heteroatoms. The number of halogens is 1. The van der Waals surface area contributed by atoms with Crippen LogP contribution in [0.5, 0.6) is 0 Å². The Morgan fingerprint density at radius 2 is 2.11 bits per heavy atom. The zero-order chi connectivity index (χ0) is 19.1. The summed E-state index contributed by atoms with van der Waals surface area (Å²) in [5, 5.41) is 9.35. The van der Waals surface area contributed by atoms with Crippen molar-refractivity contribution in [1.82, 2.24) is 20.2 Å². The van der Waals surface area contributed by atoms with Crippen LogP contribution in [0.15, 0.2) is 47.6 Å². The van der Waals surface area contributed by atoms with E-state index < -0.39 is 0 Å². The van der Waals surface area contributed by atoms with E-state index in [1.807, 2.05) is 23.1 Å². The number of hydrogen-bond donors (Lipinski definition) is 1. The molecule has 1 N–H and O–H groups in total. The number of amides is 1. The lowest BCUT2D eigenvalue weighted by Crippen LogP contribution is -2.36. The Hall–Kier alpha value is -3.00. The number of aryl methyl sites for hydroxylation is 1. The van der Waals surface area contributed by atoms with Crippen LogP contribution in [0.2, 0.25) is 0 Å². The average molecular weight is 393 g/mol. The Labute approximate surface area is 164 Å². The third-order valence-corrected chi connectivity index (χ3v) is 5.72. The van der Waals surface area contributed by atoms with E-state index in [4.69, 9.17) is 0 Å². The molecule has 1 aliphatic heterocycles. The number of rotatable bonds is 3. The highest BCUT2D eigenvalue weighted by Crippen LogP contribution is 2.28. The molecule has 0 saturated carbocycles. The fourth-order valence-corrected chi connectivity index (χ4v) is 4.25. The van der Waals surface area contributed by atoms with E-state index in [0.29, 0.717) is 21.7 Å². The van der Waals surface area contributed by atoms with Gasteiger partial charge in [-0.05, 0) is 42.7 Å². The molecule has 0 aliphatic carbocycles. The quantitative estimate of drug-likeness (QED) is 0.537. The highest BCUT2D eigenvalue weighted by molar-refractivity contribution is 7.99. The van der Waals surface area contributed by atoms with Crippen molar-refractivity contribution in [2.45, 2.75) is 18.0 Å². The van der Waals surface area contributed by atoms with Crippen LogP contribution in [0.25, 0.3) is 22.1 Å². The van der Waals surface area contributed by atoms with Gasteiger partial charge in [0.25, 0.3) is 0 Å². The lowest BCUT2D eigenvalue weighted by Gasteiger charge is -2.29. The average Bonchev–Trinajstić information content (AvgIpc) is 3.08. The van der Waals surface area contributed by atoms with Crippen molar-refractivity contribution in [1.29, 1.82) is 0 Å². The highest BCUT2D eigenvalue weighted by Gasteiger charge is 2.22. The van der Waals surface area contributed by atoms with Crippen LogP contribution in [0, 0.1) is 5.82 Å². The second kappa shape index (κ2) is 6.87. The summed E-state index contributed by atoms with van der Waals surface area (Å²) < 4.78 is 13.5. The molecule has 0 saturated heterocycles. The topological polar surface area (TPSA) is 74.8 Å². The number of para-hydroxylation sites is 1. The summed E-state index contributed by atoms with van der Waals surface area (Å²) in [6, 6.07) is 12.5. The van der Waals surface area contributed by atoms with Gasteiger partial charge in [0.1, 0.15) is 11.3 Å². The van der Waals surface area contributed by atoms with Crippen LogP contribution < -0.4 is 4.90 Å². The van der Waals surface area contributed by atoms with Gasteiger partial charge in [-0.15, -0.1) is 10.2 Å². The third-order valence-electron chi connectivity index (χ3n) is 4.89. The molecule has 0 atom stereocenters. The Kier molecular flexibility index (Phi) is 4.20. The summed E-state index contributed by atoms with van der Waals surface area (Å²) in [4.78, 5) is 22.2. The molecule has 1 aliphatic rings. The number of hydrogen-bond acceptors (Lipinski definition) is 5. The van der Waals surface area contributed by atoms with E-state index in [-0.39, 0.29) is 17.5 Å². The number of carbonyl (C=O) groups is 1. The van der Waals surface area contributed by atoms with Gasteiger partial charge in [0, 0.05) is 23.1 Å². The molecule has 6 nitrogen and oxygen atoms in total. The Morgan fingerprint density at radius 1 is 1.21 bits per heavy atom. The first-order chi connectivity index (χ1) is 13.7. The molecule has 3 heterocycles. The maximum absolute atomic E-state index is 13.5. The minimum Gasteiger partial charge on any atom is -0.338 e. The van der Waals surface area contributed by atoms with E-state index in [2.05, 4.69) is 26.2 Å². The second-order valence-electron chi connectivity index (χ2n) is 6.67. The number of nitrogens with one attached hydrogen (secondary N) is 1. The first kappa shape index (κ1) is 17.1. The number of aromatic nitrogens is 4. The van der Waals surface area contributed by atoms with Crippen molar-refractivity contribution in [3.05, 3.63) is 53.8 Å². The summed E-state index contributed by atoms with van der Waals surface area (Å²) in [5.74, 6) is -0.0725. The molecular formula is C20H16FN5OS. The van der Waals surface area contributed by atoms with Gasteiger partial charge in [0.05, 0.1) is 5.75 Å². The van der Waals surface area contributed by atoms with Crippen LogP contribution >= 0.6 is 11.8 Å². The molecule has 140 valence electrons. The fraction of sp³-hybridized carbons (Fsp3) is 0.200. The second-order valence-corrected chi connectivity index (χ2v) is 7.62. The first-order valence-electron chi connectivity index (χ1n) is 9.02. The molecule has 2 aromatic carbocycles. The minimum atomic E-state index is -0.332. The highest BCUT2D eigenvalue weighted by atomic mass is 32.2. The van der Waals surface area contributed by atoms with Crippen molar-refractivity contribution in [2.24, 2.45) is 0 Å². The van der Waals surface area contributed by atoms with Crippen LogP contribution in [-0.4, -0.2) is 38.4 Å². The summed E-state index contributed by atoms with van der Waals surface area (Å²) in [7, 11) is 0. The molecular weight excluding hydrogens is 377 g/mol. The van der Waals surface area contributed by atoms with E-state index in [1.54, 1.807) is 6.07 Å². The van der Waals surface area contributed by atoms with Crippen LogP contribution in [0.1, 0.15) is 12.0 Å². The predicted octanol–water partition coefficient (Wildman–Crippen LogP) is 3.72. The molecule has 2 aromatic heterocycles. The first-order valence-corrected chi connectivity index (χ1v) is 10.0. The van der Waals surface area contributed by atoms with Gasteiger partial charge in [-0.3, -0.25) is 4.79 Å². The zero-order valence-electron chi connectivity index (χ0n) is 14.9. The Bertz CT molecular complexity index is 1210. The number of thioether (sulfide) groups is 1. The number of nitrogens with zero attached hydrogens (tertiary/aromatic N) is 4. The maximum atomic E-state index is 13.5. The number of aromatic amines is 1. The van der Waals surface area contributed by atoms with Gasteiger partial charge in [-0.25, -0.2) is 9.37 Å². The van der Waals surface area contributed by atoms with Crippen molar-refractivity contribution in [2.75, 3.05) is 17.2 Å². The minimum absolute atomic E-state index is 0.0274. The van der Waals surface area contributed by atoms with Gasteiger partial charge < -0.3 is 9.88 Å². The normalized spacial score (nSPS) is 13.8. The van der Waals surface area contributed by atoms with Crippen molar-refractivity contribution in [3.8, 4) is 0 Å². The largest absolute Gasteiger partial charge is 0.338 e. The van der Waals surface area contributed by atoms with Crippen LogP contribution in [0.4, 0.5) is 10.1 Å². The van der Waals surface area contributed by atoms with Crippen molar-refractivity contribution < 1.29 is 9.18 Å². The third kappa shape index (κ3) is 2.99. The van der Waals surface area contributed by atoms with Gasteiger partial charge in [0.15, 0.2) is 5.65 Å². The van der Waals surface area contributed by atoms with Crippen molar-refractivity contribution >= 4 is 45.4 Å². The van der Waals surface area contributed by atoms with Gasteiger partial charge in [-0.1, -0.05) is 30.0 Å². The summed E-state index contributed by atoms with van der Waals surface area (Å²) in [5.41, 5.74) is 4.01. The van der Waals surface area contributed by atoms with Crippen LogP contribution in [-0.2, 0) is 11.2 Å². The van der Waals surface area contributed by atoms with E-state index in [1.165, 1.54) is 29.5 Å². The SMILES string of the molecule is O=C(CSc1nnc2c(n1)[nH]c1ccc(F)cc12)N1CCCc2ccccc21. The molecule has 28 heavy (non-hydrogen) atoms. The molecule has 0 radical (unpaired) electrons. The molecule has 0 fully saturated rings. The molecule has 4 aromatic rings. The van der Waals surface area contributed by atoms with E-state index in [0.717, 1.165) is 30.6 Å². The number of carbonyl (C=O) groups excluding carboxylic acids is 1. The molecule has 5 rings (SSSR count). The molecule has 0 bridgehead atoms. The zero-order valence-corrected chi connectivity index (χ0v) is 15.7. The van der Waals surface area contributed by atoms with Gasteiger partial charge >= 0.3 is 0 Å². The maximum Gasteiger partial charge on any atom is 0.237 e. The Balaban J connectivity index is 1.36. The monoisotopic (exact) mass is 393 g/mol. The summed E-state index contributed by atoms with van der Waals surface area (Å²) in [6.45, 7) is 0.724. The number of fused-ring (bicyclic) bond motifs is 4. The summed E-state index contributed by atoms with van der Waals surface area (Å²) in [6.07, 6.45) is 1.96. The molecule has 1 amide bonds. The lowest BCUT2D eigenvalue weighted by atomic mass is 10.0. The standard InChI is InChI=1S/C20H16FN5OS/c21-13-7-8-15-14(10-13)18-19(22-15)23-20(25-24-18)28-11-17(27)26-9-3-5-12-4-1-2-6-16(12)26/h1-2,4,6-8,10H,3,5,9,11H2,(H,22,23,25). The molecule has 0 spiro atoms.